The molecule has 4 nitrogen and oxygen atoms in total. The van der Waals surface area contributed by atoms with Crippen molar-refractivity contribution in [1.29, 1.82) is 5.26 Å². The van der Waals surface area contributed by atoms with Crippen molar-refractivity contribution in [3.8, 4) is 6.07 Å². The van der Waals surface area contributed by atoms with Crippen molar-refractivity contribution in [1.82, 2.24) is 15.3 Å². The van der Waals surface area contributed by atoms with Crippen molar-refractivity contribution in [2.45, 2.75) is 31.8 Å². The lowest BCUT2D eigenvalue weighted by Gasteiger charge is -2.14. The van der Waals surface area contributed by atoms with Crippen LogP contribution in [0.25, 0.3) is 0 Å². The zero-order valence-corrected chi connectivity index (χ0v) is 8.56. The molecule has 1 aliphatic rings. The molecule has 1 heterocycles. The minimum atomic E-state index is 0.173. The van der Waals surface area contributed by atoms with Gasteiger partial charge < -0.3 is 5.32 Å². The van der Waals surface area contributed by atoms with Crippen LogP contribution in [-0.4, -0.2) is 16.0 Å². The third-order valence-electron chi connectivity index (χ3n) is 2.87. The number of rotatable bonds is 3. The Kier molecular flexibility index (Phi) is 3.25. The smallest absolute Gasteiger partial charge is 0.115 e. The van der Waals surface area contributed by atoms with Gasteiger partial charge in [0.15, 0.2) is 0 Å². The lowest BCUT2D eigenvalue weighted by atomic mass is 10.1. The van der Waals surface area contributed by atoms with Gasteiger partial charge >= 0.3 is 0 Å². The Morgan fingerprint density at radius 1 is 1.53 bits per heavy atom. The highest BCUT2D eigenvalue weighted by Crippen LogP contribution is 2.24. The van der Waals surface area contributed by atoms with Crippen molar-refractivity contribution in [2.75, 3.05) is 0 Å². The second-order valence-corrected chi connectivity index (χ2v) is 3.85. The maximum Gasteiger partial charge on any atom is 0.115 e. The second-order valence-electron chi connectivity index (χ2n) is 3.85. The predicted octanol–water partition coefficient (Wildman–Crippen LogP) is 1.26. The molecule has 0 radical (unpaired) electrons. The molecule has 0 aliphatic heterocycles. The molecule has 0 spiro atoms. The maximum atomic E-state index is 8.92. The van der Waals surface area contributed by atoms with Crippen LogP contribution in [0.3, 0.4) is 0 Å². The zero-order chi connectivity index (χ0) is 10.5. The van der Waals surface area contributed by atoms with Crippen molar-refractivity contribution in [3.63, 3.8) is 0 Å². The van der Waals surface area contributed by atoms with E-state index >= 15 is 0 Å². The topological polar surface area (TPSA) is 61.6 Å². The van der Waals surface area contributed by atoms with Crippen LogP contribution < -0.4 is 5.32 Å². The van der Waals surface area contributed by atoms with E-state index in [0.717, 1.165) is 31.5 Å². The van der Waals surface area contributed by atoms with Gasteiger partial charge in [-0.3, -0.25) is 0 Å². The van der Waals surface area contributed by atoms with Gasteiger partial charge in [-0.2, -0.15) is 5.26 Å². The van der Waals surface area contributed by atoms with Gasteiger partial charge in [0, 0.05) is 18.8 Å². The average Bonchev–Trinajstić information content (AvgIpc) is 2.75. The van der Waals surface area contributed by atoms with Crippen molar-refractivity contribution in [2.24, 2.45) is 5.92 Å². The summed E-state index contributed by atoms with van der Waals surface area (Å²) in [6.07, 6.45) is 6.56. The number of nitrogens with one attached hydrogen (secondary N) is 1. The lowest BCUT2D eigenvalue weighted by Crippen LogP contribution is -2.31. The van der Waals surface area contributed by atoms with Crippen molar-refractivity contribution < 1.29 is 0 Å². The first kappa shape index (κ1) is 10.1. The first-order valence-corrected chi connectivity index (χ1v) is 5.28. The fourth-order valence-electron chi connectivity index (χ4n) is 2.02. The number of nitriles is 1. The molecule has 15 heavy (non-hydrogen) atoms. The van der Waals surface area contributed by atoms with Crippen molar-refractivity contribution in [3.05, 3.63) is 24.3 Å². The van der Waals surface area contributed by atoms with Crippen LogP contribution in [0.4, 0.5) is 0 Å². The van der Waals surface area contributed by atoms with E-state index in [4.69, 9.17) is 5.26 Å². The van der Waals surface area contributed by atoms with Gasteiger partial charge in [-0.15, -0.1) is 0 Å². The quantitative estimate of drug-likeness (QED) is 0.801. The van der Waals surface area contributed by atoms with E-state index < -0.39 is 0 Å². The van der Waals surface area contributed by atoms with Crippen LogP contribution >= 0.6 is 0 Å². The molecule has 4 heteroatoms. The van der Waals surface area contributed by atoms with E-state index in [-0.39, 0.29) is 5.92 Å². The fraction of sp³-hybridized carbons (Fsp3) is 0.545. The molecular weight excluding hydrogens is 188 g/mol. The summed E-state index contributed by atoms with van der Waals surface area (Å²) in [5, 5.41) is 12.3. The van der Waals surface area contributed by atoms with E-state index in [9.17, 15) is 0 Å². The first-order valence-electron chi connectivity index (χ1n) is 5.28. The Morgan fingerprint density at radius 2 is 2.47 bits per heavy atom. The number of nitrogens with zero attached hydrogens (tertiary/aromatic N) is 3. The number of aromatic nitrogens is 2. The second kappa shape index (κ2) is 4.85. The van der Waals surface area contributed by atoms with E-state index in [1.165, 1.54) is 0 Å². The molecule has 1 saturated carbocycles. The van der Waals surface area contributed by atoms with Gasteiger partial charge in [-0.05, 0) is 18.9 Å². The lowest BCUT2D eigenvalue weighted by molar-refractivity contribution is 0.461. The predicted molar refractivity (Wildman–Crippen MR) is 55.6 cm³/mol. The van der Waals surface area contributed by atoms with E-state index in [0.29, 0.717) is 6.04 Å². The molecule has 0 aromatic carbocycles. The van der Waals surface area contributed by atoms with Gasteiger partial charge in [0.2, 0.25) is 0 Å². The van der Waals surface area contributed by atoms with Crippen LogP contribution in [-0.2, 0) is 6.54 Å². The summed E-state index contributed by atoms with van der Waals surface area (Å²) in [5.41, 5.74) is 0.980. The summed E-state index contributed by atoms with van der Waals surface area (Å²) in [5.74, 6) is 0.173. The molecule has 0 amide bonds. The summed E-state index contributed by atoms with van der Waals surface area (Å²) in [6.45, 7) is 0.728. The molecule has 0 bridgehead atoms. The van der Waals surface area contributed by atoms with E-state index in [2.05, 4.69) is 21.4 Å². The van der Waals surface area contributed by atoms with Gasteiger partial charge in [0.1, 0.15) is 6.33 Å². The van der Waals surface area contributed by atoms with E-state index in [1.54, 1.807) is 12.5 Å². The highest BCUT2D eigenvalue weighted by atomic mass is 15.0. The molecule has 1 aliphatic carbocycles. The molecular formula is C11H14N4. The van der Waals surface area contributed by atoms with Crippen molar-refractivity contribution >= 4 is 0 Å². The third kappa shape index (κ3) is 2.51. The molecule has 78 valence electrons. The largest absolute Gasteiger partial charge is 0.307 e. The Hall–Kier alpha value is -1.47. The highest BCUT2D eigenvalue weighted by Gasteiger charge is 2.26. The number of hydrogen-bond donors (Lipinski definition) is 1. The molecule has 2 atom stereocenters. The SMILES string of the molecule is N#CC1CCCC1NCc1ccncn1. The molecule has 1 aromatic heterocycles. The molecule has 1 aromatic rings. The van der Waals surface area contributed by atoms with E-state index in [1.807, 2.05) is 6.07 Å². The number of hydrogen-bond acceptors (Lipinski definition) is 4. The molecule has 2 rings (SSSR count). The first-order chi connectivity index (χ1) is 7.40. The maximum absolute atomic E-state index is 8.92. The normalized spacial score (nSPS) is 25.0. The Labute approximate surface area is 89.4 Å². The zero-order valence-electron chi connectivity index (χ0n) is 8.56. The van der Waals surface area contributed by atoms with Crippen LogP contribution in [0.15, 0.2) is 18.6 Å². The average molecular weight is 202 g/mol. The highest BCUT2D eigenvalue weighted by molar-refractivity contribution is 5.01. The fourth-order valence-corrected chi connectivity index (χ4v) is 2.02. The minimum absolute atomic E-state index is 0.173. The van der Waals surface area contributed by atoms with Gasteiger partial charge in [0.05, 0.1) is 17.7 Å². The van der Waals surface area contributed by atoms with Crippen LogP contribution in [0.1, 0.15) is 25.0 Å². The van der Waals surface area contributed by atoms with Crippen LogP contribution in [0.2, 0.25) is 0 Å². The Bertz CT molecular complexity index is 343. The Balaban J connectivity index is 1.86. The standard InChI is InChI=1S/C11H14N4/c12-6-9-2-1-3-11(9)14-7-10-4-5-13-8-15-10/h4-5,8-9,11,14H,1-3,7H2. The summed E-state index contributed by atoms with van der Waals surface area (Å²) in [6, 6.07) is 4.59. The summed E-state index contributed by atoms with van der Waals surface area (Å²) in [7, 11) is 0. The van der Waals surface area contributed by atoms with Gasteiger partial charge in [-0.25, -0.2) is 9.97 Å². The third-order valence-corrected chi connectivity index (χ3v) is 2.87. The molecule has 2 unspecified atom stereocenters. The summed E-state index contributed by atoms with van der Waals surface area (Å²) < 4.78 is 0. The van der Waals surface area contributed by atoms with Gasteiger partial charge in [-0.1, -0.05) is 6.42 Å². The molecule has 1 N–H and O–H groups in total. The van der Waals surface area contributed by atoms with Crippen LogP contribution in [0, 0.1) is 17.2 Å². The van der Waals surface area contributed by atoms with Crippen LogP contribution in [0.5, 0.6) is 0 Å². The monoisotopic (exact) mass is 202 g/mol. The summed E-state index contributed by atoms with van der Waals surface area (Å²) >= 11 is 0. The molecule has 1 fully saturated rings. The summed E-state index contributed by atoms with van der Waals surface area (Å²) in [4.78, 5) is 8.00. The Morgan fingerprint density at radius 3 is 3.20 bits per heavy atom. The van der Waals surface area contributed by atoms with Gasteiger partial charge in [0.25, 0.3) is 0 Å². The molecule has 0 saturated heterocycles. The minimum Gasteiger partial charge on any atom is -0.307 e.